The zero-order valence-corrected chi connectivity index (χ0v) is 22.0. The monoisotopic (exact) mass is 511 g/mol. The number of amides is 1. The van der Waals surface area contributed by atoms with Gasteiger partial charge in [0.25, 0.3) is 5.91 Å². The molecule has 1 unspecified atom stereocenters. The zero-order valence-electron chi connectivity index (χ0n) is 21.3. The Morgan fingerprint density at radius 2 is 1.69 bits per heavy atom. The van der Waals surface area contributed by atoms with E-state index in [1.165, 1.54) is 12.8 Å². The molecule has 3 saturated heterocycles. The summed E-state index contributed by atoms with van der Waals surface area (Å²) in [6.07, 6.45) is 8.10. The number of hydrogen-bond donors (Lipinski definition) is 1. The Kier molecular flexibility index (Phi) is 8.36. The normalized spacial score (nSPS) is 26.8. The summed E-state index contributed by atoms with van der Waals surface area (Å²) in [5.74, 6) is 0.939. The quantitative estimate of drug-likeness (QED) is 0.365. The van der Waals surface area contributed by atoms with E-state index in [0.717, 1.165) is 69.4 Å². The number of esters is 1. The first kappa shape index (κ1) is 26.6. The Morgan fingerprint density at radius 3 is 2.36 bits per heavy atom. The van der Waals surface area contributed by atoms with Crippen LogP contribution in [0, 0.1) is 12.8 Å². The molecule has 194 valence electrons. The number of halogens is 1. The van der Waals surface area contributed by atoms with Crippen molar-refractivity contribution < 1.29 is 31.2 Å². The highest BCUT2D eigenvalue weighted by atomic mass is 35.5. The van der Waals surface area contributed by atoms with E-state index in [9.17, 15) is 9.59 Å². The topological polar surface area (TPSA) is 68.3 Å². The number of carbonyl (C=O) groups is 2. The van der Waals surface area contributed by atoms with E-state index in [1.807, 2.05) is 43.3 Å². The van der Waals surface area contributed by atoms with Gasteiger partial charge in [0.2, 0.25) is 0 Å². The minimum Gasteiger partial charge on any atom is -1.00 e. The fourth-order valence-corrected chi connectivity index (χ4v) is 6.63. The van der Waals surface area contributed by atoms with Gasteiger partial charge in [0.15, 0.2) is 12.6 Å². The van der Waals surface area contributed by atoms with Gasteiger partial charge in [-0.2, -0.15) is 0 Å². The van der Waals surface area contributed by atoms with Gasteiger partial charge in [-0.05, 0) is 37.5 Å². The zero-order chi connectivity index (χ0) is 24.3. The third kappa shape index (κ3) is 5.60. The van der Waals surface area contributed by atoms with E-state index in [2.05, 4.69) is 22.4 Å². The lowest BCUT2D eigenvalue weighted by molar-refractivity contribution is -0.939. The highest BCUT2D eigenvalue weighted by molar-refractivity contribution is 5.90. The largest absolute Gasteiger partial charge is 1.00 e. The van der Waals surface area contributed by atoms with Gasteiger partial charge in [-0.25, -0.2) is 4.98 Å². The van der Waals surface area contributed by atoms with Gasteiger partial charge in [0, 0.05) is 24.5 Å². The van der Waals surface area contributed by atoms with Crippen LogP contribution in [0.5, 0.6) is 0 Å². The van der Waals surface area contributed by atoms with Crippen LogP contribution in [0.15, 0.2) is 48.5 Å². The Bertz CT molecular complexity index is 1040. The number of aryl methyl sites for hydroxylation is 1. The second-order valence-corrected chi connectivity index (χ2v) is 11.0. The number of aromatic nitrogens is 1. The maximum atomic E-state index is 13.9. The van der Waals surface area contributed by atoms with Crippen molar-refractivity contribution in [3.63, 3.8) is 0 Å². The first-order chi connectivity index (χ1) is 17.0. The molecule has 1 aliphatic carbocycles. The van der Waals surface area contributed by atoms with Crippen LogP contribution in [0.2, 0.25) is 0 Å². The number of benzene rings is 1. The second-order valence-electron chi connectivity index (χ2n) is 11.0. The number of hydrogen-bond acceptors (Lipinski definition) is 4. The SMILES string of the molecule is Cc1cccc(NC(=O)C[N+]23CCC(CC2)C(OC(=O)C2(c4ccccc4)CCCCCC2)C3)n1.[Cl-]. The van der Waals surface area contributed by atoms with Crippen molar-refractivity contribution in [2.24, 2.45) is 5.92 Å². The van der Waals surface area contributed by atoms with Crippen LogP contribution in [0.1, 0.15) is 62.6 Å². The van der Waals surface area contributed by atoms with Crippen LogP contribution in [0.3, 0.4) is 0 Å². The fraction of sp³-hybridized carbons (Fsp3) is 0.552. The lowest BCUT2D eigenvalue weighted by Gasteiger charge is -2.52. The summed E-state index contributed by atoms with van der Waals surface area (Å²) in [5.41, 5.74) is 1.44. The molecule has 2 bridgehead atoms. The van der Waals surface area contributed by atoms with Gasteiger partial charge in [-0.1, -0.05) is 62.1 Å². The highest BCUT2D eigenvalue weighted by Crippen LogP contribution is 2.42. The van der Waals surface area contributed by atoms with E-state index in [1.54, 1.807) is 0 Å². The third-order valence-electron chi connectivity index (χ3n) is 8.61. The lowest BCUT2D eigenvalue weighted by atomic mass is 9.74. The first-order valence-electron chi connectivity index (χ1n) is 13.3. The molecule has 7 heteroatoms. The molecule has 1 saturated carbocycles. The maximum Gasteiger partial charge on any atom is 0.317 e. The van der Waals surface area contributed by atoms with Crippen molar-refractivity contribution in [1.29, 1.82) is 0 Å². The number of anilines is 1. The molecule has 3 aliphatic heterocycles. The van der Waals surface area contributed by atoms with Crippen molar-refractivity contribution in [2.75, 3.05) is 31.5 Å². The van der Waals surface area contributed by atoms with E-state index < -0.39 is 5.41 Å². The number of piperidine rings is 3. The first-order valence-corrected chi connectivity index (χ1v) is 13.3. The molecule has 4 fully saturated rings. The van der Waals surface area contributed by atoms with Gasteiger partial charge >= 0.3 is 5.97 Å². The second kappa shape index (κ2) is 11.3. The number of pyridine rings is 1. The van der Waals surface area contributed by atoms with Gasteiger partial charge in [-0.3, -0.25) is 9.59 Å². The number of fused-ring (bicyclic) bond motifs is 3. The third-order valence-corrected chi connectivity index (χ3v) is 8.61. The van der Waals surface area contributed by atoms with Crippen LogP contribution in [-0.4, -0.2) is 53.6 Å². The minimum absolute atomic E-state index is 0. The molecule has 6 nitrogen and oxygen atoms in total. The molecule has 6 rings (SSSR count). The van der Waals surface area contributed by atoms with E-state index in [0.29, 0.717) is 22.8 Å². The van der Waals surface area contributed by atoms with Crippen LogP contribution < -0.4 is 17.7 Å². The van der Waals surface area contributed by atoms with Crippen LogP contribution >= 0.6 is 0 Å². The molecule has 1 atom stereocenters. The van der Waals surface area contributed by atoms with E-state index in [4.69, 9.17) is 4.74 Å². The summed E-state index contributed by atoms with van der Waals surface area (Å²) < 4.78 is 7.12. The number of carbonyl (C=O) groups excluding carboxylic acids is 2. The van der Waals surface area contributed by atoms with Gasteiger partial charge in [-0.15, -0.1) is 0 Å². The molecular weight excluding hydrogens is 474 g/mol. The van der Waals surface area contributed by atoms with Gasteiger partial charge in [0.05, 0.1) is 18.5 Å². The number of nitrogens with zero attached hydrogens (tertiary/aromatic N) is 2. The molecule has 4 heterocycles. The lowest BCUT2D eigenvalue weighted by Crippen LogP contribution is -3.00. The van der Waals surface area contributed by atoms with Crippen molar-refractivity contribution in [1.82, 2.24) is 4.98 Å². The van der Waals surface area contributed by atoms with Crippen molar-refractivity contribution >= 4 is 17.7 Å². The molecule has 1 N–H and O–H groups in total. The number of quaternary nitrogens is 1. The molecule has 0 spiro atoms. The molecule has 1 aromatic carbocycles. The Hall–Kier alpha value is -2.44. The average Bonchev–Trinajstić information content (AvgIpc) is 3.12. The predicted octanol–water partition coefficient (Wildman–Crippen LogP) is 1.78. The average molecular weight is 512 g/mol. The van der Waals surface area contributed by atoms with Crippen molar-refractivity contribution in [3.8, 4) is 0 Å². The summed E-state index contributed by atoms with van der Waals surface area (Å²) in [6, 6.07) is 15.9. The molecule has 1 amide bonds. The number of rotatable bonds is 6. The predicted molar refractivity (Wildman–Crippen MR) is 136 cm³/mol. The van der Waals surface area contributed by atoms with Crippen LogP contribution in [0.4, 0.5) is 5.82 Å². The van der Waals surface area contributed by atoms with Crippen LogP contribution in [-0.2, 0) is 19.7 Å². The molecular formula is C29H38ClN3O3. The van der Waals surface area contributed by atoms with Crippen LogP contribution in [0.25, 0.3) is 0 Å². The Labute approximate surface area is 220 Å². The summed E-state index contributed by atoms with van der Waals surface area (Å²) in [7, 11) is 0. The molecule has 1 aromatic heterocycles. The number of nitrogens with one attached hydrogen (secondary N) is 1. The summed E-state index contributed by atoms with van der Waals surface area (Å²) >= 11 is 0. The van der Waals surface area contributed by atoms with Crippen molar-refractivity contribution in [2.45, 2.75) is 69.8 Å². The van der Waals surface area contributed by atoms with E-state index >= 15 is 0 Å². The molecule has 2 aromatic rings. The molecule has 4 aliphatic rings. The summed E-state index contributed by atoms with van der Waals surface area (Å²) in [4.78, 5) is 31.3. The van der Waals surface area contributed by atoms with E-state index in [-0.39, 0.29) is 30.4 Å². The summed E-state index contributed by atoms with van der Waals surface area (Å²) in [5, 5.41) is 2.97. The van der Waals surface area contributed by atoms with Gasteiger partial charge < -0.3 is 26.9 Å². The summed E-state index contributed by atoms with van der Waals surface area (Å²) in [6.45, 7) is 4.99. The van der Waals surface area contributed by atoms with Crippen molar-refractivity contribution in [3.05, 3.63) is 59.8 Å². The Morgan fingerprint density at radius 1 is 1.00 bits per heavy atom. The number of ether oxygens (including phenoxy) is 1. The standard InChI is InChI=1S/C29H37N3O3.ClH/c1-22-10-9-13-26(30-22)31-27(33)21-32-18-14-23(15-19-32)25(20-32)35-28(34)29(16-7-2-3-8-17-29)24-11-5-4-6-12-24;/h4-6,9-13,23,25H,2-3,7-8,14-21H2,1H3;1H. The minimum atomic E-state index is -0.539. The molecule has 36 heavy (non-hydrogen) atoms. The maximum absolute atomic E-state index is 13.9. The highest BCUT2D eigenvalue weighted by Gasteiger charge is 2.51. The smallest absolute Gasteiger partial charge is 0.317 e. The Balaban J connectivity index is 0.00000304. The fourth-order valence-electron chi connectivity index (χ4n) is 6.63. The van der Waals surface area contributed by atoms with Gasteiger partial charge in [0.1, 0.15) is 12.4 Å². The molecule has 0 radical (unpaired) electrons.